The SMILES string of the molecule is Cn1cc(Br)c(-c2[nH]nc(N)c2F)n1. The number of rotatable bonds is 1. The number of hydrogen-bond acceptors (Lipinski definition) is 3. The Morgan fingerprint density at radius 2 is 2.36 bits per heavy atom. The van der Waals surface area contributed by atoms with Crippen molar-refractivity contribution < 1.29 is 4.39 Å². The van der Waals surface area contributed by atoms with E-state index in [0.717, 1.165) is 0 Å². The van der Waals surface area contributed by atoms with Crippen LogP contribution in [-0.2, 0) is 7.05 Å². The number of aromatic nitrogens is 4. The Bertz CT molecular complexity index is 474. The molecular weight excluding hydrogens is 253 g/mol. The number of hydrogen-bond donors (Lipinski definition) is 2. The lowest BCUT2D eigenvalue weighted by atomic mass is 10.3. The van der Waals surface area contributed by atoms with Gasteiger partial charge in [-0.1, -0.05) is 0 Å². The molecule has 0 saturated carbocycles. The first-order valence-electron chi connectivity index (χ1n) is 3.78. The highest BCUT2D eigenvalue weighted by molar-refractivity contribution is 9.10. The summed E-state index contributed by atoms with van der Waals surface area (Å²) in [5.74, 6) is -0.734. The molecule has 2 aromatic heterocycles. The van der Waals surface area contributed by atoms with Crippen LogP contribution in [0, 0.1) is 5.82 Å². The number of nitrogens with zero attached hydrogens (tertiary/aromatic N) is 3. The topological polar surface area (TPSA) is 72.5 Å². The second-order valence-electron chi connectivity index (χ2n) is 2.80. The Morgan fingerprint density at radius 3 is 2.79 bits per heavy atom. The van der Waals surface area contributed by atoms with Crippen molar-refractivity contribution in [2.75, 3.05) is 5.73 Å². The van der Waals surface area contributed by atoms with Crippen LogP contribution in [0.4, 0.5) is 10.2 Å². The molecule has 7 heteroatoms. The monoisotopic (exact) mass is 259 g/mol. The molecule has 0 aliphatic heterocycles. The van der Waals surface area contributed by atoms with Crippen molar-refractivity contribution >= 4 is 21.7 Å². The lowest BCUT2D eigenvalue weighted by molar-refractivity contribution is 0.635. The fourth-order valence-corrected chi connectivity index (χ4v) is 1.70. The molecule has 2 aromatic rings. The van der Waals surface area contributed by atoms with E-state index in [0.29, 0.717) is 10.2 Å². The van der Waals surface area contributed by atoms with Crippen LogP contribution < -0.4 is 5.73 Å². The van der Waals surface area contributed by atoms with Crippen LogP contribution >= 0.6 is 15.9 Å². The number of halogens is 2. The van der Waals surface area contributed by atoms with Gasteiger partial charge in [-0.2, -0.15) is 10.2 Å². The summed E-state index contributed by atoms with van der Waals surface area (Å²) in [6.45, 7) is 0. The smallest absolute Gasteiger partial charge is 0.194 e. The van der Waals surface area contributed by atoms with Gasteiger partial charge in [0.2, 0.25) is 0 Å². The second kappa shape index (κ2) is 3.09. The third-order valence-electron chi connectivity index (χ3n) is 1.75. The van der Waals surface area contributed by atoms with Crippen LogP contribution in [-0.4, -0.2) is 20.0 Å². The fraction of sp³-hybridized carbons (Fsp3) is 0.143. The molecule has 0 fully saturated rings. The van der Waals surface area contributed by atoms with Crippen molar-refractivity contribution in [3.05, 3.63) is 16.5 Å². The van der Waals surface area contributed by atoms with Gasteiger partial charge in [-0.15, -0.1) is 0 Å². The summed E-state index contributed by atoms with van der Waals surface area (Å²) in [6, 6.07) is 0. The Kier molecular flexibility index (Phi) is 2.03. The number of aromatic amines is 1. The van der Waals surface area contributed by atoms with E-state index in [2.05, 4.69) is 31.2 Å². The summed E-state index contributed by atoms with van der Waals surface area (Å²) in [7, 11) is 1.74. The van der Waals surface area contributed by atoms with Gasteiger partial charge in [0.25, 0.3) is 0 Å². The standard InChI is InChI=1S/C7H7BrFN5/c1-14-2-3(8)5(13-14)6-4(9)7(10)12-11-6/h2H,1H3,(H3,10,11,12). The van der Waals surface area contributed by atoms with E-state index in [1.54, 1.807) is 17.9 Å². The maximum atomic E-state index is 13.3. The normalized spacial score (nSPS) is 10.8. The number of aryl methyl sites for hydroxylation is 1. The first-order valence-corrected chi connectivity index (χ1v) is 4.57. The minimum Gasteiger partial charge on any atom is -0.380 e. The Hall–Kier alpha value is -1.37. The largest absolute Gasteiger partial charge is 0.380 e. The molecule has 0 radical (unpaired) electrons. The van der Waals surface area contributed by atoms with Gasteiger partial charge in [0.15, 0.2) is 11.6 Å². The summed E-state index contributed by atoms with van der Waals surface area (Å²) in [5.41, 5.74) is 5.91. The number of nitrogens with two attached hydrogens (primary N) is 1. The van der Waals surface area contributed by atoms with E-state index in [1.165, 1.54) is 0 Å². The van der Waals surface area contributed by atoms with E-state index >= 15 is 0 Å². The highest BCUT2D eigenvalue weighted by Crippen LogP contribution is 2.28. The van der Waals surface area contributed by atoms with Gasteiger partial charge < -0.3 is 5.73 Å². The van der Waals surface area contributed by atoms with Gasteiger partial charge in [0.05, 0.1) is 4.47 Å². The van der Waals surface area contributed by atoms with Gasteiger partial charge in [0, 0.05) is 13.2 Å². The van der Waals surface area contributed by atoms with Gasteiger partial charge in [-0.05, 0) is 15.9 Å². The van der Waals surface area contributed by atoms with Crippen molar-refractivity contribution in [2.45, 2.75) is 0 Å². The van der Waals surface area contributed by atoms with Crippen LogP contribution in [0.5, 0.6) is 0 Å². The number of nitrogen functional groups attached to an aromatic ring is 1. The molecule has 0 aromatic carbocycles. The summed E-state index contributed by atoms with van der Waals surface area (Å²) in [5, 5.41) is 10.1. The fourth-order valence-electron chi connectivity index (χ4n) is 1.13. The third kappa shape index (κ3) is 1.29. The van der Waals surface area contributed by atoms with Gasteiger partial charge in [-0.3, -0.25) is 9.78 Å². The summed E-state index contributed by atoms with van der Waals surface area (Å²) in [6.07, 6.45) is 1.71. The lowest BCUT2D eigenvalue weighted by Gasteiger charge is -1.91. The summed E-state index contributed by atoms with van der Waals surface area (Å²) < 4.78 is 15.6. The van der Waals surface area contributed by atoms with Gasteiger partial charge in [-0.25, -0.2) is 4.39 Å². The van der Waals surface area contributed by atoms with Gasteiger partial charge in [0.1, 0.15) is 11.4 Å². The highest BCUT2D eigenvalue weighted by atomic mass is 79.9. The Labute approximate surface area is 87.2 Å². The molecule has 14 heavy (non-hydrogen) atoms. The predicted molar refractivity (Wildman–Crippen MR) is 52.9 cm³/mol. The van der Waals surface area contributed by atoms with Crippen molar-refractivity contribution in [3.8, 4) is 11.4 Å². The zero-order chi connectivity index (χ0) is 10.3. The molecule has 0 spiro atoms. The highest BCUT2D eigenvalue weighted by Gasteiger charge is 2.17. The molecule has 2 rings (SSSR count). The van der Waals surface area contributed by atoms with Crippen molar-refractivity contribution in [3.63, 3.8) is 0 Å². The van der Waals surface area contributed by atoms with Crippen molar-refractivity contribution in [1.82, 2.24) is 20.0 Å². The summed E-state index contributed by atoms with van der Waals surface area (Å²) in [4.78, 5) is 0. The van der Waals surface area contributed by atoms with Crippen molar-refractivity contribution in [2.24, 2.45) is 7.05 Å². The van der Waals surface area contributed by atoms with E-state index in [-0.39, 0.29) is 11.5 Å². The molecule has 0 aliphatic rings. The average Bonchev–Trinajstić information content (AvgIpc) is 2.59. The van der Waals surface area contributed by atoms with Crippen LogP contribution in [0.1, 0.15) is 0 Å². The molecule has 0 aliphatic carbocycles. The van der Waals surface area contributed by atoms with Crippen LogP contribution in [0.15, 0.2) is 10.7 Å². The van der Waals surface area contributed by atoms with E-state index in [9.17, 15) is 4.39 Å². The number of H-pyrrole nitrogens is 1. The number of anilines is 1. The Balaban J connectivity index is 2.59. The maximum Gasteiger partial charge on any atom is 0.194 e. The van der Waals surface area contributed by atoms with E-state index in [4.69, 9.17) is 5.73 Å². The zero-order valence-electron chi connectivity index (χ0n) is 7.25. The molecule has 0 atom stereocenters. The van der Waals surface area contributed by atoms with Crippen LogP contribution in [0.3, 0.4) is 0 Å². The number of nitrogens with one attached hydrogen (secondary N) is 1. The molecule has 0 bridgehead atoms. The zero-order valence-corrected chi connectivity index (χ0v) is 8.84. The molecule has 0 unspecified atom stereocenters. The lowest BCUT2D eigenvalue weighted by Crippen LogP contribution is -1.90. The first kappa shape index (κ1) is 9.20. The Morgan fingerprint density at radius 1 is 1.64 bits per heavy atom. The minimum atomic E-state index is -0.579. The van der Waals surface area contributed by atoms with Crippen molar-refractivity contribution in [1.29, 1.82) is 0 Å². The average molecular weight is 260 g/mol. The minimum absolute atomic E-state index is 0.155. The summed E-state index contributed by atoms with van der Waals surface area (Å²) >= 11 is 3.26. The van der Waals surface area contributed by atoms with E-state index < -0.39 is 5.82 Å². The molecule has 2 heterocycles. The second-order valence-corrected chi connectivity index (χ2v) is 3.65. The van der Waals surface area contributed by atoms with Crippen LogP contribution in [0.2, 0.25) is 0 Å². The molecule has 74 valence electrons. The first-order chi connectivity index (χ1) is 6.59. The maximum absolute atomic E-state index is 13.3. The van der Waals surface area contributed by atoms with Gasteiger partial charge >= 0.3 is 0 Å². The van der Waals surface area contributed by atoms with E-state index in [1.807, 2.05) is 0 Å². The van der Waals surface area contributed by atoms with Crippen LogP contribution in [0.25, 0.3) is 11.4 Å². The molecule has 3 N–H and O–H groups in total. The molecule has 0 saturated heterocycles. The molecular formula is C7H7BrFN5. The molecule has 5 nitrogen and oxygen atoms in total. The molecule has 0 amide bonds. The quantitative estimate of drug-likeness (QED) is 0.811. The third-order valence-corrected chi connectivity index (χ3v) is 2.33. The predicted octanol–water partition coefficient (Wildman–Crippen LogP) is 1.29.